The minimum Gasteiger partial charge on any atom is -0.457 e. The molecule has 7 heteroatoms. The van der Waals surface area contributed by atoms with Crippen LogP contribution in [0.4, 0.5) is 5.82 Å². The molecule has 2 aliphatic heterocycles. The predicted molar refractivity (Wildman–Crippen MR) is 130 cm³/mol. The molecule has 1 aromatic heterocycles. The zero-order valence-corrected chi connectivity index (χ0v) is 19.2. The van der Waals surface area contributed by atoms with E-state index in [1.165, 1.54) is 0 Å². The molecule has 33 heavy (non-hydrogen) atoms. The lowest BCUT2D eigenvalue weighted by Crippen LogP contribution is -2.47. The molecular formula is C26H31N5O2. The first-order valence-corrected chi connectivity index (χ1v) is 11.6. The zero-order valence-electron chi connectivity index (χ0n) is 19.2. The largest absolute Gasteiger partial charge is 0.457 e. The van der Waals surface area contributed by atoms with Gasteiger partial charge in [-0.15, -0.1) is 0 Å². The van der Waals surface area contributed by atoms with E-state index in [0.29, 0.717) is 17.2 Å². The highest BCUT2D eigenvalue weighted by Crippen LogP contribution is 2.45. The van der Waals surface area contributed by atoms with Crippen LogP contribution in [0.3, 0.4) is 0 Å². The van der Waals surface area contributed by atoms with Crippen LogP contribution >= 0.6 is 0 Å². The summed E-state index contributed by atoms with van der Waals surface area (Å²) in [7, 11) is 0. The molecule has 3 aromatic rings. The number of hydrogen-bond donors (Lipinski definition) is 3. The van der Waals surface area contributed by atoms with Crippen molar-refractivity contribution in [3.8, 4) is 22.8 Å². The van der Waals surface area contributed by atoms with Gasteiger partial charge in [0.1, 0.15) is 28.6 Å². The van der Waals surface area contributed by atoms with E-state index in [4.69, 9.17) is 15.6 Å². The lowest BCUT2D eigenvalue weighted by atomic mass is 9.70. The maximum atomic E-state index is 12.5. The number of nitrogens with two attached hydrogens (primary N) is 1. The molecule has 0 aliphatic carbocycles. The fourth-order valence-electron chi connectivity index (χ4n) is 5.32. The molecular weight excluding hydrogens is 414 g/mol. The summed E-state index contributed by atoms with van der Waals surface area (Å²) in [6.07, 6.45) is 2.06. The number of anilines is 1. The van der Waals surface area contributed by atoms with Crippen molar-refractivity contribution in [1.82, 2.24) is 15.1 Å². The van der Waals surface area contributed by atoms with Gasteiger partial charge in [-0.05, 0) is 67.1 Å². The number of piperidine rings is 1. The van der Waals surface area contributed by atoms with E-state index in [9.17, 15) is 4.79 Å². The van der Waals surface area contributed by atoms with E-state index in [2.05, 4.69) is 24.5 Å². The number of carbonyl (C=O) groups is 1. The third-order valence-electron chi connectivity index (χ3n) is 6.99. The molecule has 0 saturated carbocycles. The minimum absolute atomic E-state index is 0.146. The summed E-state index contributed by atoms with van der Waals surface area (Å²) in [5, 5.41) is 11.9. The number of benzene rings is 2. The molecule has 7 nitrogen and oxygen atoms in total. The van der Waals surface area contributed by atoms with Gasteiger partial charge in [-0.25, -0.2) is 4.68 Å². The minimum atomic E-state index is -0.464. The molecule has 2 aromatic carbocycles. The summed E-state index contributed by atoms with van der Waals surface area (Å²) in [6.45, 7) is 7.43. The van der Waals surface area contributed by atoms with Crippen molar-refractivity contribution in [1.29, 1.82) is 0 Å². The molecule has 1 fully saturated rings. The van der Waals surface area contributed by atoms with Crippen LogP contribution in [0.1, 0.15) is 43.1 Å². The summed E-state index contributed by atoms with van der Waals surface area (Å²) in [5.41, 5.74) is 7.93. The number of primary amides is 1. The molecule has 4 N–H and O–H groups in total. The fourth-order valence-corrected chi connectivity index (χ4v) is 5.32. The summed E-state index contributed by atoms with van der Waals surface area (Å²) < 4.78 is 7.94. The first-order chi connectivity index (χ1) is 15.9. The Balaban J connectivity index is 1.50. The number of fused-ring (bicyclic) bond motifs is 1. The van der Waals surface area contributed by atoms with Gasteiger partial charge in [-0.1, -0.05) is 32.0 Å². The molecule has 1 saturated heterocycles. The molecule has 0 spiro atoms. The van der Waals surface area contributed by atoms with Crippen LogP contribution in [0, 0.1) is 11.3 Å². The standard InChI is InChI=1S/C26H31N5O2/c1-26(2)16-28-14-12-20(26)21-13-15-29-25-22(24(27)32)23(30-31(21)25)17-8-10-19(11-9-17)33-18-6-4-3-5-7-18/h3-11,20-21,28-29H,12-16H2,1-2H3,(H2,27,32). The van der Waals surface area contributed by atoms with Crippen molar-refractivity contribution >= 4 is 11.7 Å². The Morgan fingerprint density at radius 3 is 2.48 bits per heavy atom. The van der Waals surface area contributed by atoms with Crippen molar-refractivity contribution in [3.63, 3.8) is 0 Å². The van der Waals surface area contributed by atoms with Gasteiger partial charge >= 0.3 is 0 Å². The van der Waals surface area contributed by atoms with Crippen LogP contribution in [0.25, 0.3) is 11.3 Å². The Bertz CT molecular complexity index is 1140. The van der Waals surface area contributed by atoms with Crippen molar-refractivity contribution in [3.05, 3.63) is 60.2 Å². The second-order valence-corrected chi connectivity index (χ2v) is 9.66. The second kappa shape index (κ2) is 8.56. The molecule has 1 amide bonds. The van der Waals surface area contributed by atoms with Crippen LogP contribution in [-0.2, 0) is 0 Å². The molecule has 3 heterocycles. The molecule has 0 bridgehead atoms. The SMILES string of the molecule is CC1(C)CNCCC1C1CCNc2c(C(N)=O)c(-c3ccc(Oc4ccccc4)cc3)nn21. The number of para-hydroxylation sites is 1. The number of hydrogen-bond acceptors (Lipinski definition) is 5. The average Bonchev–Trinajstić information content (AvgIpc) is 3.20. The number of carbonyl (C=O) groups excluding carboxylic acids is 1. The van der Waals surface area contributed by atoms with E-state index in [1.807, 2.05) is 59.3 Å². The van der Waals surface area contributed by atoms with Gasteiger partial charge in [0, 0.05) is 18.7 Å². The number of amides is 1. The van der Waals surface area contributed by atoms with Crippen LogP contribution in [0.5, 0.6) is 11.5 Å². The topological polar surface area (TPSA) is 94.2 Å². The third kappa shape index (κ3) is 4.09. The van der Waals surface area contributed by atoms with E-state index in [1.54, 1.807) is 0 Å². The second-order valence-electron chi connectivity index (χ2n) is 9.66. The molecule has 2 atom stereocenters. The van der Waals surface area contributed by atoms with Gasteiger partial charge in [0.25, 0.3) is 5.91 Å². The Morgan fingerprint density at radius 1 is 1.06 bits per heavy atom. The molecule has 172 valence electrons. The number of rotatable bonds is 5. The van der Waals surface area contributed by atoms with Crippen molar-refractivity contribution in [2.45, 2.75) is 32.7 Å². The predicted octanol–water partition coefficient (Wildman–Crippen LogP) is 4.43. The van der Waals surface area contributed by atoms with E-state index in [0.717, 1.165) is 55.4 Å². The Morgan fingerprint density at radius 2 is 1.79 bits per heavy atom. The van der Waals surface area contributed by atoms with Gasteiger partial charge in [0.15, 0.2) is 0 Å². The van der Waals surface area contributed by atoms with Gasteiger partial charge in [0.05, 0.1) is 6.04 Å². The highest BCUT2D eigenvalue weighted by molar-refractivity contribution is 6.03. The quantitative estimate of drug-likeness (QED) is 0.540. The smallest absolute Gasteiger partial charge is 0.254 e. The van der Waals surface area contributed by atoms with Gasteiger partial charge in [0.2, 0.25) is 0 Å². The first-order valence-electron chi connectivity index (χ1n) is 11.6. The molecule has 0 radical (unpaired) electrons. The number of aromatic nitrogens is 2. The first kappa shape index (κ1) is 21.5. The molecule has 2 aliphatic rings. The Kier molecular flexibility index (Phi) is 5.58. The number of ether oxygens (including phenoxy) is 1. The molecule has 2 unspecified atom stereocenters. The number of nitrogens with one attached hydrogen (secondary N) is 2. The maximum Gasteiger partial charge on any atom is 0.254 e. The fraction of sp³-hybridized carbons (Fsp3) is 0.385. The highest BCUT2D eigenvalue weighted by Gasteiger charge is 2.41. The monoisotopic (exact) mass is 445 g/mol. The van der Waals surface area contributed by atoms with Crippen molar-refractivity contribution in [2.75, 3.05) is 25.0 Å². The van der Waals surface area contributed by atoms with Crippen LogP contribution in [0.15, 0.2) is 54.6 Å². The highest BCUT2D eigenvalue weighted by atomic mass is 16.5. The summed E-state index contributed by atoms with van der Waals surface area (Å²) >= 11 is 0. The van der Waals surface area contributed by atoms with Crippen molar-refractivity contribution < 1.29 is 9.53 Å². The van der Waals surface area contributed by atoms with Crippen LogP contribution in [-0.4, -0.2) is 35.3 Å². The maximum absolute atomic E-state index is 12.5. The van der Waals surface area contributed by atoms with E-state index < -0.39 is 5.91 Å². The van der Waals surface area contributed by atoms with E-state index >= 15 is 0 Å². The number of nitrogens with zero attached hydrogens (tertiary/aromatic N) is 2. The average molecular weight is 446 g/mol. The van der Waals surface area contributed by atoms with E-state index in [-0.39, 0.29) is 11.5 Å². The van der Waals surface area contributed by atoms with Gasteiger partial charge in [-0.2, -0.15) is 5.10 Å². The lowest BCUT2D eigenvalue weighted by Gasteiger charge is -2.45. The Hall–Kier alpha value is -3.32. The van der Waals surface area contributed by atoms with Crippen LogP contribution < -0.4 is 21.1 Å². The van der Waals surface area contributed by atoms with Crippen molar-refractivity contribution in [2.24, 2.45) is 17.1 Å². The summed E-state index contributed by atoms with van der Waals surface area (Å²) in [6, 6.07) is 17.5. The lowest BCUT2D eigenvalue weighted by molar-refractivity contribution is 0.0888. The van der Waals surface area contributed by atoms with Gasteiger partial charge in [-0.3, -0.25) is 4.79 Å². The Labute approximate surface area is 194 Å². The van der Waals surface area contributed by atoms with Gasteiger partial charge < -0.3 is 21.1 Å². The zero-order chi connectivity index (χ0) is 23.0. The summed E-state index contributed by atoms with van der Waals surface area (Å²) in [4.78, 5) is 12.5. The van der Waals surface area contributed by atoms with Crippen LogP contribution in [0.2, 0.25) is 0 Å². The normalized spacial score (nSPS) is 21.6. The summed E-state index contributed by atoms with van der Waals surface area (Å²) in [5.74, 6) is 2.25. The third-order valence-corrected chi connectivity index (χ3v) is 6.99. The molecule has 5 rings (SSSR count).